The second-order valence-electron chi connectivity index (χ2n) is 7.08. The molecule has 0 aliphatic carbocycles. The number of esters is 1. The van der Waals surface area contributed by atoms with Crippen LogP contribution in [-0.4, -0.2) is 58.7 Å². The first kappa shape index (κ1) is 18.9. The largest absolute Gasteiger partial charge is 0.496 e. The highest BCUT2D eigenvalue weighted by atomic mass is 16.5. The number of nitrogens with zero attached hydrogens (tertiary/aromatic N) is 4. The van der Waals surface area contributed by atoms with Crippen LogP contribution in [0, 0.1) is 5.92 Å². The molecule has 0 saturated carbocycles. The summed E-state index contributed by atoms with van der Waals surface area (Å²) in [7, 11) is 2.97. The van der Waals surface area contributed by atoms with E-state index >= 15 is 0 Å². The summed E-state index contributed by atoms with van der Waals surface area (Å²) in [6.45, 7) is 1.30. The molecule has 2 aromatic heterocycles. The molecule has 3 heterocycles. The fourth-order valence-electron chi connectivity index (χ4n) is 3.77. The van der Waals surface area contributed by atoms with Crippen molar-refractivity contribution in [3.63, 3.8) is 0 Å². The Morgan fingerprint density at radius 3 is 2.86 bits per heavy atom. The van der Waals surface area contributed by atoms with Gasteiger partial charge in [-0.25, -0.2) is 14.3 Å². The van der Waals surface area contributed by atoms with Gasteiger partial charge in [0.15, 0.2) is 11.3 Å². The van der Waals surface area contributed by atoms with Crippen LogP contribution >= 0.6 is 0 Å². The first-order valence-corrected chi connectivity index (χ1v) is 9.44. The average molecular weight is 394 g/mol. The first-order valence-electron chi connectivity index (χ1n) is 9.44. The van der Waals surface area contributed by atoms with Gasteiger partial charge in [-0.05, 0) is 48.6 Å². The maximum atomic E-state index is 12.9. The van der Waals surface area contributed by atoms with Crippen molar-refractivity contribution >= 4 is 17.5 Å². The van der Waals surface area contributed by atoms with Gasteiger partial charge in [0, 0.05) is 31.5 Å². The average Bonchev–Trinajstić information content (AvgIpc) is 3.39. The quantitative estimate of drug-likeness (QED) is 0.617. The van der Waals surface area contributed by atoms with Crippen molar-refractivity contribution in [2.45, 2.75) is 12.8 Å². The van der Waals surface area contributed by atoms with Gasteiger partial charge < -0.3 is 14.4 Å². The van der Waals surface area contributed by atoms with E-state index in [4.69, 9.17) is 9.47 Å². The standard InChI is InChI=1S/C21H22N4O4/c1-28-18-5-4-15(21(27)29-2)11-16(18)10-14-6-9-24(13-14)20(26)17-12-19-22-7-3-8-25(19)23-17/h3-5,7-8,11-12,14H,6,9-10,13H2,1-2H3. The monoisotopic (exact) mass is 394 g/mol. The minimum atomic E-state index is -0.377. The van der Waals surface area contributed by atoms with E-state index in [1.165, 1.54) is 7.11 Å². The number of carbonyl (C=O) groups is 2. The number of amides is 1. The van der Waals surface area contributed by atoms with Crippen LogP contribution in [0.15, 0.2) is 42.7 Å². The molecule has 1 atom stereocenters. The molecule has 1 unspecified atom stereocenters. The van der Waals surface area contributed by atoms with Crippen LogP contribution in [0.25, 0.3) is 5.65 Å². The lowest BCUT2D eigenvalue weighted by molar-refractivity contribution is 0.0600. The SMILES string of the molecule is COC(=O)c1ccc(OC)c(CC2CCN(C(=O)c3cc4ncccn4n3)C2)c1. The summed E-state index contributed by atoms with van der Waals surface area (Å²) in [5.74, 6) is 0.538. The molecule has 1 saturated heterocycles. The Bertz CT molecular complexity index is 1030. The van der Waals surface area contributed by atoms with E-state index in [0.29, 0.717) is 36.4 Å². The number of benzene rings is 1. The van der Waals surface area contributed by atoms with Crippen molar-refractivity contribution in [3.05, 3.63) is 59.5 Å². The molecular weight excluding hydrogens is 372 g/mol. The van der Waals surface area contributed by atoms with E-state index in [2.05, 4.69) is 10.1 Å². The topological polar surface area (TPSA) is 86.0 Å². The molecular formula is C21H22N4O4. The predicted molar refractivity (Wildman–Crippen MR) is 105 cm³/mol. The number of hydrogen-bond donors (Lipinski definition) is 0. The van der Waals surface area contributed by atoms with Crippen molar-refractivity contribution in [1.29, 1.82) is 0 Å². The second kappa shape index (κ2) is 7.90. The van der Waals surface area contributed by atoms with E-state index in [1.54, 1.807) is 48.3 Å². The van der Waals surface area contributed by atoms with Crippen molar-refractivity contribution < 1.29 is 19.1 Å². The van der Waals surface area contributed by atoms with Crippen molar-refractivity contribution in [2.24, 2.45) is 5.92 Å². The summed E-state index contributed by atoms with van der Waals surface area (Å²) in [6, 6.07) is 8.76. The minimum absolute atomic E-state index is 0.0896. The van der Waals surface area contributed by atoms with Gasteiger partial charge in [0.25, 0.3) is 5.91 Å². The molecule has 1 fully saturated rings. The van der Waals surface area contributed by atoms with Crippen LogP contribution in [0.3, 0.4) is 0 Å². The van der Waals surface area contributed by atoms with Gasteiger partial charge in [0.05, 0.1) is 19.8 Å². The minimum Gasteiger partial charge on any atom is -0.496 e. The summed E-state index contributed by atoms with van der Waals surface area (Å²) < 4.78 is 11.9. The zero-order chi connectivity index (χ0) is 20.4. The Morgan fingerprint density at radius 2 is 2.10 bits per heavy atom. The molecule has 0 N–H and O–H groups in total. The Hall–Kier alpha value is -3.42. The molecule has 1 amide bonds. The molecule has 0 spiro atoms. The normalized spacial score (nSPS) is 16.2. The highest BCUT2D eigenvalue weighted by Gasteiger charge is 2.29. The molecule has 3 aromatic rings. The Morgan fingerprint density at radius 1 is 1.24 bits per heavy atom. The van der Waals surface area contributed by atoms with E-state index < -0.39 is 0 Å². The third kappa shape index (κ3) is 3.78. The zero-order valence-corrected chi connectivity index (χ0v) is 16.4. The lowest BCUT2D eigenvalue weighted by Crippen LogP contribution is -2.29. The van der Waals surface area contributed by atoms with Gasteiger partial charge in [-0.15, -0.1) is 0 Å². The maximum Gasteiger partial charge on any atom is 0.337 e. The van der Waals surface area contributed by atoms with Crippen LogP contribution in [-0.2, 0) is 11.2 Å². The third-order valence-electron chi connectivity index (χ3n) is 5.24. The second-order valence-corrected chi connectivity index (χ2v) is 7.08. The summed E-state index contributed by atoms with van der Waals surface area (Å²) in [6.07, 6.45) is 5.03. The fraction of sp³-hybridized carbons (Fsp3) is 0.333. The molecule has 150 valence electrons. The van der Waals surface area contributed by atoms with Crippen LogP contribution in [0.5, 0.6) is 5.75 Å². The number of carbonyl (C=O) groups excluding carboxylic acids is 2. The highest BCUT2D eigenvalue weighted by Crippen LogP contribution is 2.28. The van der Waals surface area contributed by atoms with Crippen molar-refractivity contribution in [3.8, 4) is 5.75 Å². The van der Waals surface area contributed by atoms with E-state index in [1.807, 2.05) is 11.0 Å². The number of hydrogen-bond acceptors (Lipinski definition) is 6. The molecule has 8 heteroatoms. The first-order chi connectivity index (χ1) is 14.1. The number of likely N-dealkylation sites (tertiary alicyclic amines) is 1. The summed E-state index contributed by atoms with van der Waals surface area (Å²) in [5, 5.41) is 4.33. The van der Waals surface area contributed by atoms with Crippen LogP contribution in [0.4, 0.5) is 0 Å². The van der Waals surface area contributed by atoms with Crippen LogP contribution < -0.4 is 4.74 Å². The smallest absolute Gasteiger partial charge is 0.337 e. The molecule has 1 aromatic carbocycles. The van der Waals surface area contributed by atoms with Gasteiger partial charge in [-0.2, -0.15) is 5.10 Å². The van der Waals surface area contributed by atoms with E-state index in [0.717, 1.165) is 17.7 Å². The Kier molecular flexibility index (Phi) is 5.16. The molecule has 8 nitrogen and oxygen atoms in total. The Labute approximate surface area is 168 Å². The molecule has 29 heavy (non-hydrogen) atoms. The lowest BCUT2D eigenvalue weighted by Gasteiger charge is -2.16. The van der Waals surface area contributed by atoms with Crippen molar-refractivity contribution in [1.82, 2.24) is 19.5 Å². The number of ether oxygens (including phenoxy) is 2. The van der Waals surface area contributed by atoms with Crippen LogP contribution in [0.1, 0.15) is 32.8 Å². The van der Waals surface area contributed by atoms with Crippen LogP contribution in [0.2, 0.25) is 0 Å². The van der Waals surface area contributed by atoms with Crippen molar-refractivity contribution in [2.75, 3.05) is 27.3 Å². The lowest BCUT2D eigenvalue weighted by atomic mass is 9.96. The summed E-state index contributed by atoms with van der Waals surface area (Å²) in [4.78, 5) is 30.7. The predicted octanol–water partition coefficient (Wildman–Crippen LogP) is 2.23. The van der Waals surface area contributed by atoms with Gasteiger partial charge in [0.1, 0.15) is 5.75 Å². The molecule has 1 aliphatic heterocycles. The molecule has 0 bridgehead atoms. The number of fused-ring (bicyclic) bond motifs is 1. The summed E-state index contributed by atoms with van der Waals surface area (Å²) in [5.41, 5.74) is 2.48. The van der Waals surface area contributed by atoms with Gasteiger partial charge in [0.2, 0.25) is 0 Å². The number of aromatic nitrogens is 3. The fourth-order valence-corrected chi connectivity index (χ4v) is 3.77. The Balaban J connectivity index is 1.47. The highest BCUT2D eigenvalue weighted by molar-refractivity contribution is 5.93. The molecule has 4 rings (SSSR count). The number of methoxy groups -OCH3 is 2. The van der Waals surface area contributed by atoms with E-state index in [-0.39, 0.29) is 17.8 Å². The molecule has 0 radical (unpaired) electrons. The van der Waals surface area contributed by atoms with Gasteiger partial charge in [-0.1, -0.05) is 0 Å². The maximum absolute atomic E-state index is 12.9. The summed E-state index contributed by atoms with van der Waals surface area (Å²) >= 11 is 0. The zero-order valence-electron chi connectivity index (χ0n) is 16.4. The van der Waals surface area contributed by atoms with Gasteiger partial charge >= 0.3 is 5.97 Å². The third-order valence-corrected chi connectivity index (χ3v) is 5.24. The van der Waals surface area contributed by atoms with Gasteiger partial charge in [-0.3, -0.25) is 4.79 Å². The number of rotatable bonds is 5. The van der Waals surface area contributed by atoms with E-state index in [9.17, 15) is 9.59 Å². The molecule has 1 aliphatic rings.